The van der Waals surface area contributed by atoms with E-state index in [0.717, 1.165) is 6.20 Å². The number of hydrogen-bond acceptors (Lipinski definition) is 8. The average Bonchev–Trinajstić information content (AvgIpc) is 2.97. The molecular formula is C28H30F4N6O4. The van der Waals surface area contributed by atoms with Crippen molar-refractivity contribution in [1.29, 1.82) is 0 Å². The Morgan fingerprint density at radius 2 is 1.98 bits per heavy atom. The van der Waals surface area contributed by atoms with Crippen molar-refractivity contribution in [3.63, 3.8) is 0 Å². The highest BCUT2D eigenvalue weighted by Crippen LogP contribution is 2.40. The number of rotatable bonds is 8. The maximum atomic E-state index is 15.2. The third-order valence-corrected chi connectivity index (χ3v) is 7.47. The summed E-state index contributed by atoms with van der Waals surface area (Å²) in [6.07, 6.45) is 2.92. The minimum Gasteiger partial charge on any atom is -0.435 e. The Bertz CT molecular complexity index is 1470. The molecular weight excluding hydrogens is 560 g/mol. The highest BCUT2D eigenvalue weighted by Gasteiger charge is 2.46. The molecule has 3 aromatic rings. The van der Waals surface area contributed by atoms with E-state index < -0.39 is 47.7 Å². The molecule has 0 spiro atoms. The first-order valence-corrected chi connectivity index (χ1v) is 13.5. The number of aromatic amines is 1. The second kappa shape index (κ2) is 12.5. The summed E-state index contributed by atoms with van der Waals surface area (Å²) in [5.74, 6) is -6.71. The zero-order valence-electron chi connectivity index (χ0n) is 22.8. The maximum absolute atomic E-state index is 15.2. The van der Waals surface area contributed by atoms with Crippen LogP contribution in [0.25, 0.3) is 0 Å². The number of nitrogens with zero attached hydrogens (tertiary/aromatic N) is 4. The van der Waals surface area contributed by atoms with Crippen molar-refractivity contribution in [2.24, 2.45) is 0 Å². The van der Waals surface area contributed by atoms with Gasteiger partial charge >= 0.3 is 0 Å². The molecule has 2 aliphatic heterocycles. The first kappa shape index (κ1) is 29.6. The number of hydrogen-bond donors (Lipinski definition) is 2. The molecule has 5 heterocycles. The highest BCUT2D eigenvalue weighted by atomic mass is 19.3. The number of likely N-dealkylation sites (tertiary alicyclic amines) is 1. The first-order chi connectivity index (χ1) is 20.1. The van der Waals surface area contributed by atoms with Crippen LogP contribution in [0.15, 0.2) is 47.7 Å². The van der Waals surface area contributed by atoms with E-state index in [1.54, 1.807) is 17.9 Å². The molecule has 2 atom stereocenters. The SMILES string of the molecule is CC(C(=O)Nc1ccc(Oc2ncc(F)cc2F)cn1)N1CCC(F)(F)C(c2c[nH]c(=O)c(CN3CCOCC3)c2)C1. The molecule has 0 radical (unpaired) electrons. The number of halogens is 4. The van der Waals surface area contributed by atoms with E-state index in [-0.39, 0.29) is 30.2 Å². The van der Waals surface area contributed by atoms with Crippen LogP contribution in [0.3, 0.4) is 0 Å². The largest absolute Gasteiger partial charge is 0.435 e. The summed E-state index contributed by atoms with van der Waals surface area (Å²) in [6, 6.07) is 4.25. The fourth-order valence-corrected chi connectivity index (χ4v) is 5.00. The van der Waals surface area contributed by atoms with Gasteiger partial charge in [0.1, 0.15) is 17.4 Å². The van der Waals surface area contributed by atoms with Crippen molar-refractivity contribution in [3.8, 4) is 11.6 Å². The second-order valence-electron chi connectivity index (χ2n) is 10.3. The first-order valence-electron chi connectivity index (χ1n) is 13.5. The molecule has 2 aliphatic rings. The molecule has 0 aromatic carbocycles. The number of morpholine rings is 1. The maximum Gasteiger partial charge on any atom is 0.257 e. The summed E-state index contributed by atoms with van der Waals surface area (Å²) < 4.78 is 67.7. The van der Waals surface area contributed by atoms with Gasteiger partial charge in [0.25, 0.3) is 17.4 Å². The van der Waals surface area contributed by atoms with Crippen LogP contribution in [0.2, 0.25) is 0 Å². The summed E-state index contributed by atoms with van der Waals surface area (Å²) in [7, 11) is 0. The van der Waals surface area contributed by atoms with E-state index in [0.29, 0.717) is 50.0 Å². The van der Waals surface area contributed by atoms with Gasteiger partial charge in [-0.2, -0.15) is 0 Å². The summed E-state index contributed by atoms with van der Waals surface area (Å²) in [4.78, 5) is 39.4. The predicted molar refractivity (Wildman–Crippen MR) is 144 cm³/mol. The molecule has 224 valence electrons. The molecule has 0 bridgehead atoms. The van der Waals surface area contributed by atoms with E-state index in [9.17, 15) is 18.4 Å². The zero-order chi connectivity index (χ0) is 29.9. The molecule has 2 saturated heterocycles. The van der Waals surface area contributed by atoms with Gasteiger partial charge in [-0.1, -0.05) is 0 Å². The van der Waals surface area contributed by atoms with Gasteiger partial charge in [0.15, 0.2) is 5.82 Å². The fourth-order valence-electron chi connectivity index (χ4n) is 5.00. The Balaban J connectivity index is 1.23. The Morgan fingerprint density at radius 1 is 1.19 bits per heavy atom. The Labute approximate surface area is 238 Å². The van der Waals surface area contributed by atoms with Crippen LogP contribution in [0.4, 0.5) is 23.4 Å². The van der Waals surface area contributed by atoms with Gasteiger partial charge in [-0.3, -0.25) is 19.4 Å². The Hall–Kier alpha value is -3.88. The van der Waals surface area contributed by atoms with Gasteiger partial charge in [0, 0.05) is 57.0 Å². The number of carbonyl (C=O) groups excluding carboxylic acids is 1. The van der Waals surface area contributed by atoms with Crippen molar-refractivity contribution < 1.29 is 31.8 Å². The third kappa shape index (κ3) is 6.94. The van der Waals surface area contributed by atoms with Crippen molar-refractivity contribution in [1.82, 2.24) is 24.8 Å². The topological polar surface area (TPSA) is 113 Å². The third-order valence-electron chi connectivity index (χ3n) is 7.47. The van der Waals surface area contributed by atoms with Crippen LogP contribution in [-0.4, -0.2) is 82.0 Å². The van der Waals surface area contributed by atoms with Crippen LogP contribution in [-0.2, 0) is 16.1 Å². The molecule has 3 aromatic heterocycles. The molecule has 2 unspecified atom stereocenters. The lowest BCUT2D eigenvalue weighted by Crippen LogP contribution is -2.52. The Morgan fingerprint density at radius 3 is 2.69 bits per heavy atom. The van der Waals surface area contributed by atoms with Crippen LogP contribution >= 0.6 is 0 Å². The van der Waals surface area contributed by atoms with E-state index in [2.05, 4.69) is 20.3 Å². The van der Waals surface area contributed by atoms with Gasteiger partial charge in [0.2, 0.25) is 5.91 Å². The van der Waals surface area contributed by atoms with Gasteiger partial charge in [0.05, 0.1) is 37.6 Å². The van der Waals surface area contributed by atoms with Crippen LogP contribution in [0.5, 0.6) is 11.6 Å². The van der Waals surface area contributed by atoms with Crippen molar-refractivity contribution in [2.75, 3.05) is 44.7 Å². The predicted octanol–water partition coefficient (Wildman–Crippen LogP) is 3.52. The van der Waals surface area contributed by atoms with Crippen LogP contribution in [0.1, 0.15) is 30.4 Å². The van der Waals surface area contributed by atoms with Crippen LogP contribution in [0, 0.1) is 11.6 Å². The molecule has 10 nitrogen and oxygen atoms in total. The normalized spacial score (nSPS) is 20.2. The van der Waals surface area contributed by atoms with Crippen molar-refractivity contribution in [2.45, 2.75) is 37.8 Å². The quantitative estimate of drug-likeness (QED) is 0.384. The minimum atomic E-state index is -3.03. The average molecular weight is 591 g/mol. The van der Waals surface area contributed by atoms with E-state index in [1.165, 1.54) is 24.5 Å². The lowest BCUT2D eigenvalue weighted by Gasteiger charge is -2.40. The minimum absolute atomic E-state index is 0.00147. The molecule has 2 N–H and O–H groups in total. The number of pyridine rings is 3. The number of nitrogens with one attached hydrogen (secondary N) is 2. The summed E-state index contributed by atoms with van der Waals surface area (Å²) in [5.41, 5.74) is 0.394. The molecule has 2 fully saturated rings. The lowest BCUT2D eigenvalue weighted by molar-refractivity contribution is -0.125. The monoisotopic (exact) mass is 590 g/mol. The van der Waals surface area contributed by atoms with Gasteiger partial charge in [-0.15, -0.1) is 0 Å². The number of carbonyl (C=O) groups is 1. The number of piperidine rings is 1. The Kier molecular flexibility index (Phi) is 8.85. The zero-order valence-corrected chi connectivity index (χ0v) is 22.8. The molecule has 5 rings (SSSR count). The number of aromatic nitrogens is 3. The fraction of sp³-hybridized carbons (Fsp3) is 0.429. The number of amides is 1. The van der Waals surface area contributed by atoms with Crippen molar-refractivity contribution >= 4 is 11.7 Å². The van der Waals surface area contributed by atoms with E-state index >= 15 is 8.78 Å². The number of alkyl halides is 2. The molecule has 0 saturated carbocycles. The lowest BCUT2D eigenvalue weighted by atomic mass is 9.86. The summed E-state index contributed by atoms with van der Waals surface area (Å²) >= 11 is 0. The highest BCUT2D eigenvalue weighted by molar-refractivity contribution is 5.93. The van der Waals surface area contributed by atoms with Gasteiger partial charge in [-0.05, 0) is 30.7 Å². The molecule has 1 amide bonds. The molecule has 14 heteroatoms. The standard InChI is InChI=1S/C28H30F4N6O4/c1-17(25(39)36-24-3-2-21(14-33-24)42-27-23(30)11-20(29)13-35-27)38-5-4-28(31,32)22(16-38)18-10-19(26(40)34-12-18)15-37-6-8-41-9-7-37/h2-3,10-14,17,22H,4-9,15-16H2,1H3,(H,34,40)(H,33,36,39). The van der Waals surface area contributed by atoms with Gasteiger partial charge < -0.3 is 19.8 Å². The number of ether oxygens (including phenoxy) is 2. The number of H-pyrrole nitrogens is 1. The second-order valence-corrected chi connectivity index (χ2v) is 10.3. The van der Waals surface area contributed by atoms with Gasteiger partial charge in [-0.25, -0.2) is 27.5 Å². The summed E-state index contributed by atoms with van der Waals surface area (Å²) in [5, 5.41) is 2.65. The molecule has 0 aliphatic carbocycles. The number of anilines is 1. The van der Waals surface area contributed by atoms with E-state index in [4.69, 9.17) is 9.47 Å². The van der Waals surface area contributed by atoms with E-state index in [1.807, 2.05) is 4.90 Å². The molecule has 42 heavy (non-hydrogen) atoms. The van der Waals surface area contributed by atoms with Crippen LogP contribution < -0.4 is 15.6 Å². The summed E-state index contributed by atoms with van der Waals surface area (Å²) in [6.45, 7) is 4.25. The van der Waals surface area contributed by atoms with Crippen molar-refractivity contribution in [3.05, 3.63) is 76.0 Å². The smallest absolute Gasteiger partial charge is 0.257 e.